The number of aryl methyl sites for hydroxylation is 1. The molecule has 1 atom stereocenters. The molecule has 13 heavy (non-hydrogen) atoms. The van der Waals surface area contributed by atoms with Crippen LogP contribution in [0.25, 0.3) is 0 Å². The Balaban J connectivity index is 2.55. The fourth-order valence-corrected chi connectivity index (χ4v) is 2.71. The third-order valence-electron chi connectivity index (χ3n) is 2.52. The summed E-state index contributed by atoms with van der Waals surface area (Å²) in [6.07, 6.45) is 0. The zero-order valence-electron chi connectivity index (χ0n) is 7.83. The van der Waals surface area contributed by atoms with Crippen molar-refractivity contribution in [3.05, 3.63) is 34.9 Å². The number of Topliss-reactive ketones (excluding diaryl/α,β-unsaturated/α-hetero) is 1. The van der Waals surface area contributed by atoms with Crippen LogP contribution in [0.3, 0.4) is 0 Å². The smallest absolute Gasteiger partial charge is 0.175 e. The van der Waals surface area contributed by atoms with E-state index in [9.17, 15) is 4.79 Å². The first kappa shape index (κ1) is 8.82. The Hall–Kier alpha value is -0.760. The second kappa shape index (κ2) is 3.18. The molecule has 68 valence electrons. The van der Waals surface area contributed by atoms with E-state index in [0.717, 1.165) is 11.3 Å². The molecule has 2 rings (SSSR count). The van der Waals surface area contributed by atoms with E-state index in [2.05, 4.69) is 13.0 Å². The van der Waals surface area contributed by atoms with Gasteiger partial charge in [-0.25, -0.2) is 0 Å². The standard InChI is InChI=1S/C11H12OS/c1-7-4-3-5-9-10(7)6-13-8(2)11(9)12/h3-5,8H,6H2,1-2H3. The number of rotatable bonds is 0. The molecule has 1 aromatic rings. The van der Waals surface area contributed by atoms with E-state index < -0.39 is 0 Å². The molecule has 2 heteroatoms. The molecule has 0 spiro atoms. The van der Waals surface area contributed by atoms with Gasteiger partial charge < -0.3 is 0 Å². The van der Waals surface area contributed by atoms with Gasteiger partial charge in [0.1, 0.15) is 0 Å². The fraction of sp³-hybridized carbons (Fsp3) is 0.364. The van der Waals surface area contributed by atoms with Crippen molar-refractivity contribution in [3.8, 4) is 0 Å². The first-order chi connectivity index (χ1) is 6.20. The van der Waals surface area contributed by atoms with Crippen molar-refractivity contribution in [3.63, 3.8) is 0 Å². The van der Waals surface area contributed by atoms with Crippen molar-refractivity contribution in [2.45, 2.75) is 24.9 Å². The van der Waals surface area contributed by atoms with Gasteiger partial charge in [0.2, 0.25) is 0 Å². The average molecular weight is 192 g/mol. The highest BCUT2D eigenvalue weighted by molar-refractivity contribution is 8.00. The van der Waals surface area contributed by atoms with E-state index >= 15 is 0 Å². The summed E-state index contributed by atoms with van der Waals surface area (Å²) < 4.78 is 0. The van der Waals surface area contributed by atoms with Crippen molar-refractivity contribution < 1.29 is 4.79 Å². The molecule has 1 aliphatic heterocycles. The van der Waals surface area contributed by atoms with E-state index in [1.807, 2.05) is 19.1 Å². The Morgan fingerprint density at radius 2 is 2.23 bits per heavy atom. The molecule has 1 aromatic carbocycles. The maximum atomic E-state index is 11.7. The Kier molecular flexibility index (Phi) is 2.16. The van der Waals surface area contributed by atoms with Crippen LogP contribution < -0.4 is 0 Å². The van der Waals surface area contributed by atoms with Crippen LogP contribution >= 0.6 is 11.8 Å². The van der Waals surface area contributed by atoms with E-state index in [4.69, 9.17) is 0 Å². The molecule has 1 heterocycles. The van der Waals surface area contributed by atoms with Gasteiger partial charge in [-0.3, -0.25) is 4.79 Å². The predicted molar refractivity (Wildman–Crippen MR) is 56.3 cm³/mol. The highest BCUT2D eigenvalue weighted by Crippen LogP contribution is 2.31. The first-order valence-corrected chi connectivity index (χ1v) is 5.49. The molecule has 0 fully saturated rings. The van der Waals surface area contributed by atoms with Crippen molar-refractivity contribution in [2.75, 3.05) is 0 Å². The lowest BCUT2D eigenvalue weighted by atomic mass is 9.98. The first-order valence-electron chi connectivity index (χ1n) is 4.44. The summed E-state index contributed by atoms with van der Waals surface area (Å²) in [5.41, 5.74) is 3.41. The molecule has 0 radical (unpaired) electrons. The van der Waals surface area contributed by atoms with Crippen LogP contribution in [0.2, 0.25) is 0 Å². The molecular weight excluding hydrogens is 180 g/mol. The third-order valence-corrected chi connectivity index (χ3v) is 3.69. The summed E-state index contributed by atoms with van der Waals surface area (Å²) >= 11 is 1.73. The van der Waals surface area contributed by atoms with Crippen molar-refractivity contribution in [2.24, 2.45) is 0 Å². The van der Waals surface area contributed by atoms with Gasteiger partial charge in [-0.2, -0.15) is 0 Å². The maximum Gasteiger partial charge on any atom is 0.175 e. The molecule has 0 aliphatic carbocycles. The third kappa shape index (κ3) is 1.39. The number of carbonyl (C=O) groups excluding carboxylic acids is 1. The second-order valence-electron chi connectivity index (χ2n) is 3.42. The van der Waals surface area contributed by atoms with Gasteiger partial charge in [-0.1, -0.05) is 18.2 Å². The summed E-state index contributed by atoms with van der Waals surface area (Å²) in [5.74, 6) is 1.27. The van der Waals surface area contributed by atoms with Gasteiger partial charge >= 0.3 is 0 Å². The summed E-state index contributed by atoms with van der Waals surface area (Å²) in [5, 5.41) is 0.134. The van der Waals surface area contributed by atoms with Gasteiger partial charge in [0.05, 0.1) is 5.25 Å². The Labute approximate surface area is 82.5 Å². The lowest BCUT2D eigenvalue weighted by Crippen LogP contribution is -2.20. The van der Waals surface area contributed by atoms with E-state index in [1.54, 1.807) is 11.8 Å². The average Bonchev–Trinajstić information content (AvgIpc) is 2.12. The van der Waals surface area contributed by atoms with Gasteiger partial charge in [-0.15, -0.1) is 11.8 Å². The molecule has 1 aliphatic rings. The van der Waals surface area contributed by atoms with Gasteiger partial charge in [0.15, 0.2) is 5.78 Å². The van der Waals surface area contributed by atoms with E-state index in [1.165, 1.54) is 11.1 Å². The molecule has 0 N–H and O–H groups in total. The summed E-state index contributed by atoms with van der Waals surface area (Å²) in [6, 6.07) is 5.98. The van der Waals surface area contributed by atoms with Crippen molar-refractivity contribution in [1.29, 1.82) is 0 Å². The van der Waals surface area contributed by atoms with Crippen LogP contribution in [0.15, 0.2) is 18.2 Å². The minimum Gasteiger partial charge on any atom is -0.293 e. The van der Waals surface area contributed by atoms with Crippen molar-refractivity contribution >= 4 is 17.5 Å². The lowest BCUT2D eigenvalue weighted by molar-refractivity contribution is 0.0991. The number of thioether (sulfide) groups is 1. The number of benzene rings is 1. The molecule has 0 saturated heterocycles. The zero-order chi connectivity index (χ0) is 9.42. The number of fused-ring (bicyclic) bond motifs is 1. The van der Waals surface area contributed by atoms with Gasteiger partial charge in [0, 0.05) is 11.3 Å². The SMILES string of the molecule is Cc1cccc2c1CSC(C)C2=O. The normalized spacial score (nSPS) is 21.4. The monoisotopic (exact) mass is 192 g/mol. The predicted octanol–water partition coefficient (Wildman–Crippen LogP) is 2.81. The number of hydrogen-bond acceptors (Lipinski definition) is 2. The molecule has 1 nitrogen and oxygen atoms in total. The van der Waals surface area contributed by atoms with Crippen LogP contribution in [-0.2, 0) is 5.75 Å². The molecular formula is C11H12OS. The summed E-state index contributed by atoms with van der Waals surface area (Å²) in [4.78, 5) is 11.7. The number of ketones is 1. The zero-order valence-corrected chi connectivity index (χ0v) is 8.65. The topological polar surface area (TPSA) is 17.1 Å². The Morgan fingerprint density at radius 1 is 1.46 bits per heavy atom. The summed E-state index contributed by atoms with van der Waals surface area (Å²) in [6.45, 7) is 4.06. The quantitative estimate of drug-likeness (QED) is 0.628. The fourth-order valence-electron chi connectivity index (χ4n) is 1.63. The lowest BCUT2D eigenvalue weighted by Gasteiger charge is -2.21. The van der Waals surface area contributed by atoms with E-state index in [0.29, 0.717) is 0 Å². The molecule has 1 unspecified atom stereocenters. The number of hydrogen-bond donors (Lipinski definition) is 0. The molecule has 0 aromatic heterocycles. The second-order valence-corrected chi connectivity index (χ2v) is 4.75. The minimum atomic E-state index is 0.134. The highest BCUT2D eigenvalue weighted by atomic mass is 32.2. The van der Waals surface area contributed by atoms with Crippen LogP contribution in [0.1, 0.15) is 28.4 Å². The van der Waals surface area contributed by atoms with E-state index in [-0.39, 0.29) is 11.0 Å². The molecule has 0 amide bonds. The van der Waals surface area contributed by atoms with Gasteiger partial charge in [-0.05, 0) is 25.0 Å². The minimum absolute atomic E-state index is 0.134. The van der Waals surface area contributed by atoms with Crippen LogP contribution in [0, 0.1) is 6.92 Å². The highest BCUT2D eigenvalue weighted by Gasteiger charge is 2.24. The summed E-state index contributed by atoms with van der Waals surface area (Å²) in [7, 11) is 0. The molecule has 0 bridgehead atoms. The Bertz CT molecular complexity index is 357. The van der Waals surface area contributed by atoms with Gasteiger partial charge in [0.25, 0.3) is 0 Å². The number of carbonyl (C=O) groups is 1. The molecule has 0 saturated carbocycles. The van der Waals surface area contributed by atoms with Crippen molar-refractivity contribution in [1.82, 2.24) is 0 Å². The van der Waals surface area contributed by atoms with Crippen LogP contribution in [0.5, 0.6) is 0 Å². The van der Waals surface area contributed by atoms with Crippen LogP contribution in [0.4, 0.5) is 0 Å². The Morgan fingerprint density at radius 3 is 3.00 bits per heavy atom. The largest absolute Gasteiger partial charge is 0.293 e. The maximum absolute atomic E-state index is 11.7. The van der Waals surface area contributed by atoms with Crippen LogP contribution in [-0.4, -0.2) is 11.0 Å².